The fourth-order valence-electron chi connectivity index (χ4n) is 2.71. The number of phenols is 1. The van der Waals surface area contributed by atoms with E-state index in [1.165, 1.54) is 30.4 Å². The zero-order chi connectivity index (χ0) is 18.7. The molecule has 0 atom stereocenters. The van der Waals surface area contributed by atoms with Crippen molar-refractivity contribution in [3.05, 3.63) is 89.5 Å². The lowest BCUT2D eigenvalue weighted by molar-refractivity contribution is -0.110. The number of carbonyl (C=O) groups excluding carboxylic acids is 1. The van der Waals surface area contributed by atoms with Crippen LogP contribution < -0.4 is 0 Å². The number of benzene rings is 2. The van der Waals surface area contributed by atoms with Gasteiger partial charge in [0.2, 0.25) is 0 Å². The first-order chi connectivity index (χ1) is 12.4. The minimum absolute atomic E-state index is 0.0248. The third-order valence-electron chi connectivity index (χ3n) is 3.94. The maximum Gasteiger partial charge on any atom is 0.297 e. The molecular weight excluding hydrogens is 352 g/mol. The smallest absolute Gasteiger partial charge is 0.297 e. The lowest BCUT2D eigenvalue weighted by Crippen LogP contribution is -2.07. The van der Waals surface area contributed by atoms with Crippen LogP contribution in [-0.4, -0.2) is 26.4 Å². The highest BCUT2D eigenvalue weighted by Crippen LogP contribution is 2.34. The Morgan fingerprint density at radius 1 is 0.923 bits per heavy atom. The number of hydrogen-bond acceptors (Lipinski definition) is 5. The molecule has 0 aromatic heterocycles. The third-order valence-corrected chi connectivity index (χ3v) is 5.28. The van der Waals surface area contributed by atoms with Gasteiger partial charge in [-0.2, -0.15) is 8.42 Å². The minimum atomic E-state index is -3.94. The molecule has 0 fully saturated rings. The van der Waals surface area contributed by atoms with E-state index in [0.717, 1.165) is 7.11 Å². The van der Waals surface area contributed by atoms with Crippen molar-refractivity contribution in [3.63, 3.8) is 0 Å². The van der Waals surface area contributed by atoms with Gasteiger partial charge in [0.05, 0.1) is 7.11 Å². The van der Waals surface area contributed by atoms with Crippen LogP contribution in [0.2, 0.25) is 0 Å². The molecule has 2 aromatic rings. The lowest BCUT2D eigenvalue weighted by Gasteiger charge is -2.16. The highest BCUT2D eigenvalue weighted by atomic mass is 32.2. The Balaban J connectivity index is 2.33. The van der Waals surface area contributed by atoms with Crippen molar-refractivity contribution in [2.75, 3.05) is 7.11 Å². The second kappa shape index (κ2) is 7.11. The molecule has 0 spiro atoms. The Labute approximate surface area is 151 Å². The first kappa shape index (κ1) is 17.8. The van der Waals surface area contributed by atoms with Crippen molar-refractivity contribution in [2.24, 2.45) is 0 Å². The van der Waals surface area contributed by atoms with Gasteiger partial charge < -0.3 is 5.11 Å². The quantitative estimate of drug-likeness (QED) is 0.838. The van der Waals surface area contributed by atoms with Gasteiger partial charge >= 0.3 is 0 Å². The zero-order valence-corrected chi connectivity index (χ0v) is 14.7. The number of ketones is 1. The number of hydrogen-bond donors (Lipinski definition) is 1. The van der Waals surface area contributed by atoms with Gasteiger partial charge in [0.1, 0.15) is 10.6 Å². The summed E-state index contributed by atoms with van der Waals surface area (Å²) < 4.78 is 29.4. The molecule has 1 N–H and O–H groups in total. The third kappa shape index (κ3) is 3.51. The Morgan fingerprint density at radius 3 is 2.15 bits per heavy atom. The van der Waals surface area contributed by atoms with Crippen LogP contribution in [0.3, 0.4) is 0 Å². The van der Waals surface area contributed by atoms with Crippen LogP contribution in [0, 0.1) is 0 Å². The molecule has 0 saturated carbocycles. The molecule has 3 rings (SSSR count). The molecule has 26 heavy (non-hydrogen) atoms. The summed E-state index contributed by atoms with van der Waals surface area (Å²) in [5, 5.41) is 9.57. The first-order valence-corrected chi connectivity index (χ1v) is 9.17. The Hall–Kier alpha value is -2.96. The monoisotopic (exact) mass is 368 g/mol. The molecule has 5 nitrogen and oxygen atoms in total. The average Bonchev–Trinajstić information content (AvgIpc) is 2.65. The Morgan fingerprint density at radius 2 is 1.54 bits per heavy atom. The largest absolute Gasteiger partial charge is 0.508 e. The molecule has 0 heterocycles. The summed E-state index contributed by atoms with van der Waals surface area (Å²) in [6.07, 6.45) is 6.12. The molecule has 1 aliphatic rings. The van der Waals surface area contributed by atoms with Gasteiger partial charge in [0, 0.05) is 5.56 Å². The van der Waals surface area contributed by atoms with Gasteiger partial charge in [-0.15, -0.1) is 0 Å². The van der Waals surface area contributed by atoms with Gasteiger partial charge in [0.15, 0.2) is 5.78 Å². The predicted octanol–water partition coefficient (Wildman–Crippen LogP) is 3.22. The summed E-state index contributed by atoms with van der Waals surface area (Å²) in [7, 11) is -2.83. The van der Waals surface area contributed by atoms with E-state index in [-0.39, 0.29) is 16.4 Å². The maximum atomic E-state index is 12.4. The second-order valence-corrected chi connectivity index (χ2v) is 7.24. The van der Waals surface area contributed by atoms with Crippen LogP contribution in [0.15, 0.2) is 83.3 Å². The van der Waals surface area contributed by atoms with Gasteiger partial charge in [-0.25, -0.2) is 0 Å². The summed E-state index contributed by atoms with van der Waals surface area (Å²) in [5.74, 6) is -0.0441. The molecule has 0 saturated heterocycles. The van der Waals surface area contributed by atoms with Crippen LogP contribution in [0.4, 0.5) is 0 Å². The number of phenolic OH excluding ortho intramolecular Hbond substituents is 1. The fourth-order valence-corrected chi connectivity index (χ4v) is 3.57. The van der Waals surface area contributed by atoms with Crippen molar-refractivity contribution in [1.82, 2.24) is 0 Å². The molecule has 0 bridgehead atoms. The van der Waals surface area contributed by atoms with Crippen LogP contribution in [-0.2, 0) is 19.1 Å². The molecule has 132 valence electrons. The van der Waals surface area contributed by atoms with Crippen LogP contribution in [0.1, 0.15) is 11.1 Å². The summed E-state index contributed by atoms with van der Waals surface area (Å²) >= 11 is 0. The number of rotatable bonds is 4. The Bertz CT molecular complexity index is 1020. The molecular formula is C20H16O5S. The molecule has 2 aromatic carbocycles. The average molecular weight is 368 g/mol. The first-order valence-electron chi connectivity index (χ1n) is 7.76. The van der Waals surface area contributed by atoms with Crippen LogP contribution in [0.25, 0.3) is 5.57 Å². The summed E-state index contributed by atoms with van der Waals surface area (Å²) in [5.41, 5.74) is 2.43. The summed E-state index contributed by atoms with van der Waals surface area (Å²) in [6.45, 7) is 0. The van der Waals surface area contributed by atoms with Crippen molar-refractivity contribution in [3.8, 4) is 5.75 Å². The van der Waals surface area contributed by atoms with Crippen LogP contribution in [0.5, 0.6) is 5.75 Å². The second-order valence-electron chi connectivity index (χ2n) is 5.56. The van der Waals surface area contributed by atoms with E-state index < -0.39 is 10.1 Å². The van der Waals surface area contributed by atoms with E-state index in [4.69, 9.17) is 4.18 Å². The van der Waals surface area contributed by atoms with Gasteiger partial charge in [-0.3, -0.25) is 8.98 Å². The highest BCUT2D eigenvalue weighted by Gasteiger charge is 2.22. The van der Waals surface area contributed by atoms with E-state index in [0.29, 0.717) is 22.3 Å². The lowest BCUT2D eigenvalue weighted by atomic mass is 9.91. The molecule has 6 heteroatoms. The van der Waals surface area contributed by atoms with Gasteiger partial charge in [0.25, 0.3) is 10.1 Å². The van der Waals surface area contributed by atoms with Crippen LogP contribution >= 0.6 is 0 Å². The molecule has 0 aliphatic heterocycles. The number of carbonyl (C=O) groups is 1. The van der Waals surface area contributed by atoms with E-state index in [1.54, 1.807) is 42.5 Å². The summed E-state index contributed by atoms with van der Waals surface area (Å²) in [6, 6.07) is 12.9. The zero-order valence-electron chi connectivity index (χ0n) is 13.9. The topological polar surface area (TPSA) is 80.7 Å². The number of allylic oxidation sites excluding steroid dienone is 5. The normalized spacial score (nSPS) is 13.9. The van der Waals surface area contributed by atoms with Crippen molar-refractivity contribution in [1.29, 1.82) is 0 Å². The molecule has 0 radical (unpaired) electrons. The molecule has 0 unspecified atom stereocenters. The number of aromatic hydroxyl groups is 1. The summed E-state index contributed by atoms with van der Waals surface area (Å²) in [4.78, 5) is 11.5. The van der Waals surface area contributed by atoms with E-state index >= 15 is 0 Å². The fraction of sp³-hybridized carbons (Fsp3) is 0.0500. The van der Waals surface area contributed by atoms with E-state index in [2.05, 4.69) is 0 Å². The van der Waals surface area contributed by atoms with Gasteiger partial charge in [-0.05, 0) is 47.1 Å². The van der Waals surface area contributed by atoms with Crippen molar-refractivity contribution >= 4 is 21.5 Å². The molecule has 0 amide bonds. The SMILES string of the molecule is COS(=O)(=O)c1ccccc1C(=C1C=CC(=O)C=C1)c1ccc(O)cc1. The minimum Gasteiger partial charge on any atom is -0.508 e. The highest BCUT2D eigenvalue weighted by molar-refractivity contribution is 7.86. The Kier molecular flexibility index (Phi) is 4.88. The predicted molar refractivity (Wildman–Crippen MR) is 98.1 cm³/mol. The van der Waals surface area contributed by atoms with Crippen molar-refractivity contribution < 1.29 is 22.5 Å². The van der Waals surface area contributed by atoms with Gasteiger partial charge in [-0.1, -0.05) is 42.5 Å². The standard InChI is InChI=1S/C20H16O5S/c1-25-26(23,24)19-5-3-2-4-18(19)20(14-6-10-16(21)11-7-14)15-8-12-17(22)13-9-15/h2-13,21H,1H3. The van der Waals surface area contributed by atoms with E-state index in [9.17, 15) is 18.3 Å². The maximum absolute atomic E-state index is 12.4. The van der Waals surface area contributed by atoms with Crippen molar-refractivity contribution in [2.45, 2.75) is 4.90 Å². The molecule has 1 aliphatic carbocycles. The van der Waals surface area contributed by atoms with E-state index in [1.807, 2.05) is 0 Å².